The molecule has 18 heavy (non-hydrogen) atoms. The molecular formula is C11H12N6O. The number of carbonyl (C=O) groups is 1. The minimum atomic E-state index is -0.738. The Balaban J connectivity index is 2.02. The Hall–Kier alpha value is -2.41. The standard InChI is InChI=1S/C11H12N6O/c12-5-9-16-14-8-17(9)6-10(18)15-11(7-13)3-1-2-4-11/h8H,1-4,6H2,(H,15,18). The van der Waals surface area contributed by atoms with Crippen molar-refractivity contribution >= 4 is 5.91 Å². The molecule has 1 aliphatic rings. The molecule has 0 atom stereocenters. The fourth-order valence-electron chi connectivity index (χ4n) is 2.16. The molecule has 92 valence electrons. The van der Waals surface area contributed by atoms with Crippen molar-refractivity contribution in [1.82, 2.24) is 20.1 Å². The molecule has 1 aliphatic carbocycles. The Labute approximate surface area is 104 Å². The minimum absolute atomic E-state index is 0.0423. The first-order chi connectivity index (χ1) is 8.69. The summed E-state index contributed by atoms with van der Waals surface area (Å²) < 4.78 is 1.36. The van der Waals surface area contributed by atoms with Crippen LogP contribution < -0.4 is 5.32 Å². The minimum Gasteiger partial charge on any atom is -0.336 e. The summed E-state index contributed by atoms with van der Waals surface area (Å²) in [5.74, 6) is -0.211. The Morgan fingerprint density at radius 1 is 1.50 bits per heavy atom. The van der Waals surface area contributed by atoms with Crippen molar-refractivity contribution < 1.29 is 4.79 Å². The number of carbonyl (C=O) groups excluding carboxylic acids is 1. The number of nitriles is 2. The number of hydrogen-bond donors (Lipinski definition) is 1. The third-order valence-electron chi connectivity index (χ3n) is 3.08. The number of nitrogens with one attached hydrogen (secondary N) is 1. The SMILES string of the molecule is N#Cc1nncn1CC(=O)NC1(C#N)CCCC1. The van der Waals surface area contributed by atoms with Crippen LogP contribution in [0.4, 0.5) is 0 Å². The van der Waals surface area contributed by atoms with Crippen LogP contribution in [0.5, 0.6) is 0 Å². The number of nitrogens with zero attached hydrogens (tertiary/aromatic N) is 5. The largest absolute Gasteiger partial charge is 0.336 e. The lowest BCUT2D eigenvalue weighted by molar-refractivity contribution is -0.123. The molecule has 1 amide bonds. The van der Waals surface area contributed by atoms with Crippen LogP contribution in [0.15, 0.2) is 6.33 Å². The second kappa shape index (κ2) is 4.84. The number of rotatable bonds is 3. The molecule has 7 nitrogen and oxygen atoms in total. The van der Waals surface area contributed by atoms with E-state index in [2.05, 4.69) is 21.6 Å². The molecule has 0 aromatic carbocycles. The Morgan fingerprint density at radius 3 is 2.83 bits per heavy atom. The van der Waals surface area contributed by atoms with E-state index in [9.17, 15) is 4.79 Å². The van der Waals surface area contributed by atoms with Gasteiger partial charge in [0.1, 0.15) is 24.5 Å². The van der Waals surface area contributed by atoms with E-state index < -0.39 is 5.54 Å². The monoisotopic (exact) mass is 244 g/mol. The summed E-state index contributed by atoms with van der Waals surface area (Å²) >= 11 is 0. The number of aromatic nitrogens is 3. The third kappa shape index (κ3) is 2.30. The van der Waals surface area contributed by atoms with Gasteiger partial charge in [0, 0.05) is 0 Å². The molecule has 1 N–H and O–H groups in total. The fraction of sp³-hybridized carbons (Fsp3) is 0.545. The van der Waals surface area contributed by atoms with Crippen molar-refractivity contribution in [2.24, 2.45) is 0 Å². The fourth-order valence-corrected chi connectivity index (χ4v) is 2.16. The van der Waals surface area contributed by atoms with Gasteiger partial charge >= 0.3 is 0 Å². The lowest BCUT2D eigenvalue weighted by atomic mass is 10.00. The summed E-state index contributed by atoms with van der Waals surface area (Å²) in [7, 11) is 0. The highest BCUT2D eigenvalue weighted by Crippen LogP contribution is 2.28. The van der Waals surface area contributed by atoms with Crippen LogP contribution in [0.25, 0.3) is 0 Å². The van der Waals surface area contributed by atoms with Gasteiger partial charge in [0.25, 0.3) is 0 Å². The topological polar surface area (TPSA) is 107 Å². The van der Waals surface area contributed by atoms with E-state index in [4.69, 9.17) is 10.5 Å². The van der Waals surface area contributed by atoms with Crippen LogP contribution in [-0.4, -0.2) is 26.2 Å². The van der Waals surface area contributed by atoms with E-state index in [-0.39, 0.29) is 18.3 Å². The molecule has 0 saturated heterocycles. The Kier molecular flexibility index (Phi) is 3.24. The second-order valence-electron chi connectivity index (χ2n) is 4.34. The van der Waals surface area contributed by atoms with E-state index >= 15 is 0 Å². The van der Waals surface area contributed by atoms with Gasteiger partial charge < -0.3 is 5.32 Å². The summed E-state index contributed by atoms with van der Waals surface area (Å²) in [5, 5.41) is 27.8. The average molecular weight is 244 g/mol. The molecule has 0 radical (unpaired) electrons. The zero-order valence-electron chi connectivity index (χ0n) is 9.76. The highest BCUT2D eigenvalue weighted by atomic mass is 16.2. The number of hydrogen-bond acceptors (Lipinski definition) is 5. The summed E-state index contributed by atoms with van der Waals surface area (Å²) in [6.07, 6.45) is 4.59. The molecule has 0 bridgehead atoms. The van der Waals surface area contributed by atoms with Crippen molar-refractivity contribution in [3.8, 4) is 12.1 Å². The normalized spacial score (nSPS) is 16.8. The zero-order chi connectivity index (χ0) is 13.0. The Bertz CT molecular complexity index is 528. The summed E-state index contributed by atoms with van der Waals surface area (Å²) in [4.78, 5) is 11.9. The van der Waals surface area contributed by atoms with E-state index in [1.807, 2.05) is 6.07 Å². The quantitative estimate of drug-likeness (QED) is 0.811. The second-order valence-corrected chi connectivity index (χ2v) is 4.34. The third-order valence-corrected chi connectivity index (χ3v) is 3.08. The molecular weight excluding hydrogens is 232 g/mol. The van der Waals surface area contributed by atoms with Crippen LogP contribution in [-0.2, 0) is 11.3 Å². The van der Waals surface area contributed by atoms with Gasteiger partial charge in [-0.15, -0.1) is 10.2 Å². The van der Waals surface area contributed by atoms with Crippen LogP contribution in [0.3, 0.4) is 0 Å². The molecule has 1 aromatic heterocycles. The van der Waals surface area contributed by atoms with Crippen LogP contribution in [0, 0.1) is 22.7 Å². The molecule has 2 rings (SSSR count). The van der Waals surface area contributed by atoms with E-state index in [0.717, 1.165) is 12.8 Å². The highest BCUT2D eigenvalue weighted by Gasteiger charge is 2.35. The van der Waals surface area contributed by atoms with Gasteiger partial charge in [0.15, 0.2) is 0 Å². The maximum Gasteiger partial charge on any atom is 0.241 e. The molecule has 1 fully saturated rings. The van der Waals surface area contributed by atoms with Crippen molar-refractivity contribution in [2.45, 2.75) is 37.8 Å². The maximum atomic E-state index is 11.9. The molecule has 1 saturated carbocycles. The van der Waals surface area contributed by atoms with Gasteiger partial charge in [-0.3, -0.25) is 9.36 Å². The van der Waals surface area contributed by atoms with Crippen molar-refractivity contribution in [3.05, 3.63) is 12.2 Å². The molecule has 0 unspecified atom stereocenters. The first-order valence-corrected chi connectivity index (χ1v) is 5.69. The molecule has 0 aliphatic heterocycles. The first kappa shape index (κ1) is 12.1. The van der Waals surface area contributed by atoms with Gasteiger partial charge in [0.05, 0.1) is 6.07 Å². The molecule has 7 heteroatoms. The summed E-state index contributed by atoms with van der Waals surface area (Å²) in [6.45, 7) is -0.0423. The zero-order valence-corrected chi connectivity index (χ0v) is 9.76. The summed E-state index contributed by atoms with van der Waals surface area (Å²) in [5.41, 5.74) is -0.738. The summed E-state index contributed by atoms with van der Waals surface area (Å²) in [6, 6.07) is 4.02. The van der Waals surface area contributed by atoms with Crippen LogP contribution >= 0.6 is 0 Å². The van der Waals surface area contributed by atoms with E-state index in [1.54, 1.807) is 0 Å². The lowest BCUT2D eigenvalue weighted by Gasteiger charge is -2.21. The van der Waals surface area contributed by atoms with Gasteiger partial charge in [-0.2, -0.15) is 10.5 Å². The maximum absolute atomic E-state index is 11.9. The highest BCUT2D eigenvalue weighted by molar-refractivity contribution is 5.77. The van der Waals surface area contributed by atoms with Gasteiger partial charge in [-0.25, -0.2) is 0 Å². The first-order valence-electron chi connectivity index (χ1n) is 5.69. The lowest BCUT2D eigenvalue weighted by Crippen LogP contribution is -2.46. The predicted molar refractivity (Wildman–Crippen MR) is 59.7 cm³/mol. The average Bonchev–Trinajstić information content (AvgIpc) is 2.98. The van der Waals surface area contributed by atoms with Crippen LogP contribution in [0.2, 0.25) is 0 Å². The Morgan fingerprint density at radius 2 is 2.22 bits per heavy atom. The van der Waals surface area contributed by atoms with E-state index in [1.165, 1.54) is 10.9 Å². The van der Waals surface area contributed by atoms with Gasteiger partial charge in [-0.1, -0.05) is 0 Å². The number of amides is 1. The molecule has 1 aromatic rings. The van der Waals surface area contributed by atoms with Crippen molar-refractivity contribution in [2.75, 3.05) is 0 Å². The van der Waals surface area contributed by atoms with Gasteiger partial charge in [0.2, 0.25) is 11.7 Å². The van der Waals surface area contributed by atoms with E-state index in [0.29, 0.717) is 12.8 Å². The molecule has 1 heterocycles. The predicted octanol–water partition coefficient (Wildman–Crippen LogP) is 0.102. The van der Waals surface area contributed by atoms with Crippen LogP contribution in [0.1, 0.15) is 31.5 Å². The van der Waals surface area contributed by atoms with Crippen molar-refractivity contribution in [3.63, 3.8) is 0 Å². The smallest absolute Gasteiger partial charge is 0.241 e. The molecule has 0 spiro atoms. The van der Waals surface area contributed by atoms with Gasteiger partial charge in [-0.05, 0) is 25.7 Å². The van der Waals surface area contributed by atoms with Crippen molar-refractivity contribution in [1.29, 1.82) is 10.5 Å².